The predicted octanol–water partition coefficient (Wildman–Crippen LogP) is 4.43. The number of nitrogens with one attached hydrogen (secondary N) is 1. The van der Waals surface area contributed by atoms with Crippen LogP contribution in [-0.4, -0.2) is 27.6 Å². The van der Waals surface area contributed by atoms with E-state index in [0.717, 1.165) is 30.5 Å². The van der Waals surface area contributed by atoms with Gasteiger partial charge in [-0.25, -0.2) is 8.42 Å². The average Bonchev–Trinajstić information content (AvgIpc) is 2.72. The molecule has 2 aromatic carbocycles. The summed E-state index contributed by atoms with van der Waals surface area (Å²) in [6.07, 6.45) is -6.31. The topological polar surface area (TPSA) is 98.5 Å². The molecule has 1 aliphatic rings. The summed E-state index contributed by atoms with van der Waals surface area (Å²) >= 11 is 0. The van der Waals surface area contributed by atoms with Crippen molar-refractivity contribution in [1.82, 2.24) is 0 Å². The van der Waals surface area contributed by atoms with Crippen molar-refractivity contribution in [2.24, 2.45) is 5.73 Å². The Morgan fingerprint density at radius 1 is 1.00 bits per heavy atom. The molecule has 0 bridgehead atoms. The van der Waals surface area contributed by atoms with Gasteiger partial charge in [0.2, 0.25) is 0 Å². The van der Waals surface area contributed by atoms with Crippen LogP contribution in [0.1, 0.15) is 29.5 Å². The number of amides is 1. The van der Waals surface area contributed by atoms with E-state index in [0.29, 0.717) is 24.2 Å². The van der Waals surface area contributed by atoms with Crippen LogP contribution in [0.2, 0.25) is 0 Å². The second-order valence-corrected chi connectivity index (χ2v) is 8.63. The van der Waals surface area contributed by atoms with Crippen molar-refractivity contribution in [3.05, 3.63) is 53.1 Å². The summed E-state index contributed by atoms with van der Waals surface area (Å²) in [5, 5.41) is 0. The van der Waals surface area contributed by atoms with Crippen LogP contribution in [0.4, 0.5) is 32.0 Å². The number of benzene rings is 2. The minimum atomic E-state index is -4.86. The van der Waals surface area contributed by atoms with Crippen LogP contribution >= 0.6 is 0 Å². The second-order valence-electron chi connectivity index (χ2n) is 6.98. The highest BCUT2D eigenvalue weighted by Gasteiger charge is 2.35. The fraction of sp³-hybridized carbons (Fsp3) is 0.350. The van der Waals surface area contributed by atoms with Crippen LogP contribution < -0.4 is 15.2 Å². The molecule has 13 heteroatoms. The van der Waals surface area contributed by atoms with Gasteiger partial charge in [-0.3, -0.25) is 9.52 Å². The molecule has 3 rings (SSSR count). The second kappa shape index (κ2) is 9.89. The maximum absolute atomic E-state index is 12.8. The summed E-state index contributed by atoms with van der Waals surface area (Å²) in [4.78, 5) is 9.21. The number of carbonyl (C=O) groups is 1. The van der Waals surface area contributed by atoms with Gasteiger partial charge in [-0.2, -0.15) is 26.3 Å². The third-order valence-corrected chi connectivity index (χ3v) is 6.15. The van der Waals surface area contributed by atoms with Gasteiger partial charge in [0.05, 0.1) is 17.6 Å². The van der Waals surface area contributed by atoms with E-state index in [9.17, 15) is 34.8 Å². The monoisotopic (exact) mass is 498 g/mol. The quantitative estimate of drug-likeness (QED) is 0.610. The molecule has 182 valence electrons. The molecule has 33 heavy (non-hydrogen) atoms. The summed E-state index contributed by atoms with van der Waals surface area (Å²) in [7, 11) is -2.49. The van der Waals surface area contributed by atoms with Gasteiger partial charge in [-0.05, 0) is 67.1 Å². The third kappa shape index (κ3) is 6.76. The largest absolute Gasteiger partial charge is 0.496 e. The molecular formula is C20H20F6N2O4S. The molecule has 0 aliphatic heterocycles. The number of hydrogen-bond donors (Lipinski definition) is 2. The van der Waals surface area contributed by atoms with Gasteiger partial charge in [0.1, 0.15) is 5.75 Å². The van der Waals surface area contributed by atoms with E-state index in [2.05, 4.69) is 10.5 Å². The molecule has 0 atom stereocenters. The van der Waals surface area contributed by atoms with E-state index < -0.39 is 33.8 Å². The molecule has 3 N–H and O–H groups in total. The van der Waals surface area contributed by atoms with Gasteiger partial charge < -0.3 is 10.5 Å². The van der Waals surface area contributed by atoms with Gasteiger partial charge in [0.25, 0.3) is 10.0 Å². The Bertz CT molecular complexity index is 1110. The summed E-state index contributed by atoms with van der Waals surface area (Å²) in [6, 6.07) is 7.18. The van der Waals surface area contributed by atoms with Gasteiger partial charge in [0, 0.05) is 5.69 Å². The smallest absolute Gasteiger partial charge is 0.470 e. The van der Waals surface area contributed by atoms with Crippen LogP contribution in [0.15, 0.2) is 41.3 Å². The number of primary amides is 1. The van der Waals surface area contributed by atoms with Crippen molar-refractivity contribution in [2.75, 3.05) is 11.8 Å². The Hall–Kier alpha value is -2.96. The zero-order valence-corrected chi connectivity index (χ0v) is 18.0. The van der Waals surface area contributed by atoms with E-state index >= 15 is 0 Å². The summed E-state index contributed by atoms with van der Waals surface area (Å²) in [5.41, 5.74) is 4.30. The normalized spacial score (nSPS) is 13.9. The highest BCUT2D eigenvalue weighted by atomic mass is 32.2. The molecule has 0 fully saturated rings. The Kier molecular flexibility index (Phi) is 7.88. The number of hydrogen-bond acceptors (Lipinski definition) is 4. The molecule has 1 aliphatic carbocycles. The first-order chi connectivity index (χ1) is 15.2. The number of fused-ring (bicyclic) bond motifs is 1. The van der Waals surface area contributed by atoms with Crippen LogP contribution in [0, 0.1) is 0 Å². The fourth-order valence-corrected chi connectivity index (χ4v) is 4.56. The standard InChI is InChI=1S/C18H18F3NO3S.C2H2F3NO/c1-25-16-9-10-17(15-8-3-2-7-14(15)16)26(23,24)22-13-6-4-5-12(11-13)18(19,20)21;3-2(4,5)1(6)7/h4-6,9-11,22H,2-3,7-8H2,1H3;(H2,6,7). The SMILES string of the molecule is COc1ccc(S(=O)(=O)Nc2cccc(C(F)(F)F)c2)c2c1CCCC2.NC(=O)C(F)(F)F. The molecule has 0 unspecified atom stereocenters. The zero-order chi connectivity index (χ0) is 25.0. The van der Waals surface area contributed by atoms with E-state index in [-0.39, 0.29) is 10.6 Å². The number of nitrogens with two attached hydrogens (primary N) is 1. The third-order valence-electron chi connectivity index (χ3n) is 4.68. The first-order valence-electron chi connectivity index (χ1n) is 9.42. The van der Waals surface area contributed by atoms with Crippen LogP contribution in [-0.2, 0) is 33.8 Å². The Balaban J connectivity index is 0.000000479. The van der Waals surface area contributed by atoms with Crippen LogP contribution in [0.5, 0.6) is 5.75 Å². The summed E-state index contributed by atoms with van der Waals surface area (Å²) in [5.74, 6) is -1.62. The molecule has 2 aromatic rings. The van der Waals surface area contributed by atoms with Gasteiger partial charge in [-0.1, -0.05) is 6.07 Å². The highest BCUT2D eigenvalue weighted by Crippen LogP contribution is 2.35. The average molecular weight is 498 g/mol. The molecular weight excluding hydrogens is 478 g/mol. The number of ether oxygens (including phenoxy) is 1. The lowest BCUT2D eigenvalue weighted by atomic mass is 9.91. The van der Waals surface area contributed by atoms with E-state index in [1.54, 1.807) is 6.07 Å². The van der Waals surface area contributed by atoms with E-state index in [1.807, 2.05) is 0 Å². The first kappa shape index (κ1) is 26.3. The number of alkyl halides is 6. The molecule has 6 nitrogen and oxygen atoms in total. The van der Waals surface area contributed by atoms with Crippen molar-refractivity contribution in [2.45, 2.75) is 42.9 Å². The molecule has 1 amide bonds. The predicted molar refractivity (Wildman–Crippen MR) is 107 cm³/mol. The minimum absolute atomic E-state index is 0.0883. The lowest BCUT2D eigenvalue weighted by Gasteiger charge is -2.22. The van der Waals surface area contributed by atoms with E-state index in [4.69, 9.17) is 9.53 Å². The molecule has 0 aromatic heterocycles. The van der Waals surface area contributed by atoms with Crippen LogP contribution in [0.3, 0.4) is 0 Å². The Morgan fingerprint density at radius 2 is 1.58 bits per heavy atom. The maximum Gasteiger partial charge on any atom is 0.470 e. The molecule has 0 saturated heterocycles. The number of halogens is 6. The minimum Gasteiger partial charge on any atom is -0.496 e. The van der Waals surface area contributed by atoms with Gasteiger partial charge in [-0.15, -0.1) is 0 Å². The van der Waals surface area contributed by atoms with E-state index in [1.165, 1.54) is 25.3 Å². The van der Waals surface area contributed by atoms with Crippen LogP contribution in [0.25, 0.3) is 0 Å². The molecule has 0 radical (unpaired) electrons. The fourth-order valence-electron chi connectivity index (χ4n) is 3.21. The van der Waals surface area contributed by atoms with Crippen molar-refractivity contribution in [1.29, 1.82) is 0 Å². The lowest BCUT2D eigenvalue weighted by molar-refractivity contribution is -0.169. The Morgan fingerprint density at radius 3 is 2.09 bits per heavy atom. The van der Waals surface area contributed by atoms with Gasteiger partial charge >= 0.3 is 18.3 Å². The summed E-state index contributed by atoms with van der Waals surface area (Å²) in [6.45, 7) is 0. The lowest BCUT2D eigenvalue weighted by Crippen LogP contribution is -2.30. The maximum atomic E-state index is 12.8. The van der Waals surface area contributed by atoms with Crippen molar-refractivity contribution < 1.29 is 44.3 Å². The van der Waals surface area contributed by atoms with Gasteiger partial charge in [0.15, 0.2) is 0 Å². The first-order valence-corrected chi connectivity index (χ1v) is 10.9. The zero-order valence-electron chi connectivity index (χ0n) is 17.2. The molecule has 0 spiro atoms. The number of carbonyl (C=O) groups excluding carboxylic acids is 1. The number of sulfonamides is 1. The highest BCUT2D eigenvalue weighted by molar-refractivity contribution is 7.92. The number of methoxy groups -OCH3 is 1. The molecule has 0 saturated carbocycles. The summed E-state index contributed by atoms with van der Waals surface area (Å²) < 4.78 is 104. The number of anilines is 1. The van der Waals surface area contributed by atoms with Crippen molar-refractivity contribution in [3.8, 4) is 5.75 Å². The number of rotatable bonds is 4. The van der Waals surface area contributed by atoms with Crippen molar-refractivity contribution >= 4 is 21.6 Å². The molecule has 0 heterocycles. The van der Waals surface area contributed by atoms with Crippen molar-refractivity contribution in [3.63, 3.8) is 0 Å². The Labute approximate surface area is 185 Å².